The molecule has 1 aromatic heterocycles. The Morgan fingerprint density at radius 3 is 2.54 bits per heavy atom. The molecule has 1 amide bonds. The molecule has 1 fully saturated rings. The van der Waals surface area contributed by atoms with E-state index in [1.54, 1.807) is 6.07 Å². The molecule has 2 aromatic rings. The Kier molecular flexibility index (Phi) is 9.13. The lowest BCUT2D eigenvalue weighted by molar-refractivity contribution is 0.0929. The van der Waals surface area contributed by atoms with E-state index in [4.69, 9.17) is 5.73 Å². The third-order valence-corrected chi connectivity index (χ3v) is 7.92. The van der Waals surface area contributed by atoms with Gasteiger partial charge in [0, 0.05) is 31.2 Å². The van der Waals surface area contributed by atoms with Crippen molar-refractivity contribution in [2.45, 2.75) is 58.0 Å². The molecule has 4 N–H and O–H groups in total. The van der Waals surface area contributed by atoms with Crippen LogP contribution < -0.4 is 20.7 Å². The minimum atomic E-state index is -3.54. The molecule has 1 aliphatic carbocycles. The molecule has 35 heavy (non-hydrogen) atoms. The van der Waals surface area contributed by atoms with Crippen LogP contribution in [-0.2, 0) is 16.4 Å². The summed E-state index contributed by atoms with van der Waals surface area (Å²) in [6.45, 7) is 5.05. The van der Waals surface area contributed by atoms with Crippen molar-refractivity contribution < 1.29 is 13.2 Å². The predicted molar refractivity (Wildman–Crippen MR) is 142 cm³/mol. The molecular weight excluding hydrogens is 462 g/mol. The van der Waals surface area contributed by atoms with E-state index in [-0.39, 0.29) is 23.8 Å². The van der Waals surface area contributed by atoms with E-state index in [0.717, 1.165) is 48.4 Å². The quantitative estimate of drug-likeness (QED) is 0.387. The van der Waals surface area contributed by atoms with Gasteiger partial charge in [-0.25, -0.2) is 13.4 Å². The van der Waals surface area contributed by atoms with E-state index in [2.05, 4.69) is 29.5 Å². The minimum Gasteiger partial charge on any atom is -0.370 e. The molecule has 4 atom stereocenters. The van der Waals surface area contributed by atoms with E-state index in [1.807, 2.05) is 30.3 Å². The molecule has 1 aliphatic rings. The second-order valence-electron chi connectivity index (χ2n) is 9.76. The van der Waals surface area contributed by atoms with E-state index in [9.17, 15) is 13.2 Å². The summed E-state index contributed by atoms with van der Waals surface area (Å²) < 4.78 is 25.4. The van der Waals surface area contributed by atoms with E-state index < -0.39 is 10.0 Å². The highest BCUT2D eigenvalue weighted by atomic mass is 32.2. The van der Waals surface area contributed by atoms with Gasteiger partial charge in [0.05, 0.1) is 6.26 Å². The van der Waals surface area contributed by atoms with Crippen LogP contribution in [0.4, 0.5) is 11.6 Å². The SMILES string of the molecule is CCCC[C@H](N)C(Cc1ccccc1)NC(=O)c1cc(NCC2CC2C)nc(N(C)S(C)(=O)=O)c1. The molecule has 192 valence electrons. The molecule has 0 aliphatic heterocycles. The summed E-state index contributed by atoms with van der Waals surface area (Å²) in [6, 6.07) is 12.7. The Labute approximate surface area is 209 Å². The van der Waals surface area contributed by atoms with Crippen molar-refractivity contribution in [2.75, 3.05) is 29.5 Å². The Bertz CT molecular complexity index is 1090. The van der Waals surface area contributed by atoms with Gasteiger partial charge < -0.3 is 16.4 Å². The predicted octanol–water partition coefficient (Wildman–Crippen LogP) is 3.40. The van der Waals surface area contributed by atoms with Crippen LogP contribution in [-0.4, -0.2) is 51.2 Å². The lowest BCUT2D eigenvalue weighted by Crippen LogP contribution is -2.49. The van der Waals surface area contributed by atoms with Gasteiger partial charge in [0.15, 0.2) is 0 Å². The molecule has 0 spiro atoms. The molecule has 1 saturated carbocycles. The fourth-order valence-corrected chi connectivity index (χ4v) is 4.49. The van der Waals surface area contributed by atoms with Gasteiger partial charge in [-0.2, -0.15) is 0 Å². The Hall–Kier alpha value is -2.65. The van der Waals surface area contributed by atoms with Crippen molar-refractivity contribution in [3.8, 4) is 0 Å². The van der Waals surface area contributed by atoms with Crippen molar-refractivity contribution >= 4 is 27.6 Å². The van der Waals surface area contributed by atoms with Crippen LogP contribution in [0, 0.1) is 11.8 Å². The number of nitrogens with two attached hydrogens (primary N) is 1. The van der Waals surface area contributed by atoms with Gasteiger partial charge >= 0.3 is 0 Å². The summed E-state index contributed by atoms with van der Waals surface area (Å²) in [5, 5.41) is 6.40. The maximum Gasteiger partial charge on any atom is 0.251 e. The third kappa shape index (κ3) is 7.93. The number of hydrogen-bond acceptors (Lipinski definition) is 6. The van der Waals surface area contributed by atoms with Gasteiger partial charge in [-0.05, 0) is 48.8 Å². The molecular formula is C26H39N5O3S. The van der Waals surface area contributed by atoms with Gasteiger partial charge in [0.2, 0.25) is 10.0 Å². The first-order valence-corrected chi connectivity index (χ1v) is 14.2. The zero-order valence-corrected chi connectivity index (χ0v) is 22.0. The van der Waals surface area contributed by atoms with E-state index in [0.29, 0.717) is 29.6 Å². The van der Waals surface area contributed by atoms with Gasteiger partial charge in [-0.1, -0.05) is 57.0 Å². The highest BCUT2D eigenvalue weighted by Crippen LogP contribution is 2.37. The van der Waals surface area contributed by atoms with Gasteiger partial charge in [-0.3, -0.25) is 9.10 Å². The highest BCUT2D eigenvalue weighted by Gasteiger charge is 2.32. The molecule has 0 bridgehead atoms. The number of sulfonamides is 1. The molecule has 0 saturated heterocycles. The normalized spacial score (nSPS) is 19.0. The monoisotopic (exact) mass is 501 g/mol. The summed E-state index contributed by atoms with van der Waals surface area (Å²) in [4.78, 5) is 17.9. The first kappa shape index (κ1) is 26.9. The number of unbranched alkanes of at least 4 members (excludes halogenated alkanes) is 1. The summed E-state index contributed by atoms with van der Waals surface area (Å²) in [5.41, 5.74) is 7.96. The Morgan fingerprint density at radius 1 is 1.26 bits per heavy atom. The molecule has 3 unspecified atom stereocenters. The van der Waals surface area contributed by atoms with Crippen LogP contribution in [0.3, 0.4) is 0 Å². The van der Waals surface area contributed by atoms with Crippen molar-refractivity contribution in [1.29, 1.82) is 0 Å². The van der Waals surface area contributed by atoms with E-state index >= 15 is 0 Å². The lowest BCUT2D eigenvalue weighted by atomic mass is 9.96. The molecule has 9 heteroatoms. The number of amides is 1. The highest BCUT2D eigenvalue weighted by molar-refractivity contribution is 7.92. The number of carbonyl (C=O) groups excluding carboxylic acids is 1. The smallest absolute Gasteiger partial charge is 0.251 e. The van der Waals surface area contributed by atoms with Crippen LogP contribution in [0.2, 0.25) is 0 Å². The second kappa shape index (κ2) is 11.9. The topological polar surface area (TPSA) is 117 Å². The zero-order valence-electron chi connectivity index (χ0n) is 21.2. The van der Waals surface area contributed by atoms with Crippen molar-refractivity contribution in [2.24, 2.45) is 17.6 Å². The number of rotatable bonds is 13. The summed E-state index contributed by atoms with van der Waals surface area (Å²) in [6.07, 6.45) is 5.69. The molecule has 0 radical (unpaired) electrons. The zero-order chi connectivity index (χ0) is 25.6. The van der Waals surface area contributed by atoms with Gasteiger partial charge in [0.25, 0.3) is 5.91 Å². The molecule has 1 heterocycles. The number of carbonyl (C=O) groups is 1. The van der Waals surface area contributed by atoms with Crippen molar-refractivity contribution in [3.63, 3.8) is 0 Å². The largest absolute Gasteiger partial charge is 0.370 e. The van der Waals surface area contributed by atoms with Crippen LogP contribution in [0.1, 0.15) is 55.5 Å². The maximum absolute atomic E-state index is 13.4. The van der Waals surface area contributed by atoms with Crippen molar-refractivity contribution in [3.05, 3.63) is 53.6 Å². The van der Waals surface area contributed by atoms with Crippen LogP contribution in [0.15, 0.2) is 42.5 Å². The summed E-state index contributed by atoms with van der Waals surface area (Å²) in [7, 11) is -2.10. The average molecular weight is 502 g/mol. The summed E-state index contributed by atoms with van der Waals surface area (Å²) >= 11 is 0. The van der Waals surface area contributed by atoms with E-state index in [1.165, 1.54) is 13.1 Å². The van der Waals surface area contributed by atoms with Crippen LogP contribution in [0.25, 0.3) is 0 Å². The molecule has 3 rings (SSSR count). The number of hydrogen-bond donors (Lipinski definition) is 3. The number of benzene rings is 1. The van der Waals surface area contributed by atoms with Crippen LogP contribution in [0.5, 0.6) is 0 Å². The summed E-state index contributed by atoms with van der Waals surface area (Å²) in [5.74, 6) is 1.61. The van der Waals surface area contributed by atoms with Gasteiger partial charge in [0.1, 0.15) is 11.6 Å². The standard InChI is InChI=1S/C26H39N5O3S/c1-5-6-12-22(27)23(14-19-10-8-7-9-11-19)29-26(32)20-15-24(28-17-21-13-18(21)2)30-25(16-20)31(3)35(4,33)34/h7-11,15-16,18,21-23H,5-6,12-14,17,27H2,1-4H3,(H,28,30)(H,29,32)/t18?,21?,22-,23?/m0/s1. The average Bonchev–Trinajstić information content (AvgIpc) is 3.54. The number of pyridine rings is 1. The number of anilines is 2. The number of nitrogens with zero attached hydrogens (tertiary/aromatic N) is 2. The lowest BCUT2D eigenvalue weighted by Gasteiger charge is -2.26. The van der Waals surface area contributed by atoms with Gasteiger partial charge in [-0.15, -0.1) is 0 Å². The second-order valence-corrected chi connectivity index (χ2v) is 11.8. The molecule has 1 aromatic carbocycles. The maximum atomic E-state index is 13.4. The van der Waals surface area contributed by atoms with Crippen molar-refractivity contribution in [1.82, 2.24) is 10.3 Å². The Morgan fingerprint density at radius 2 is 1.94 bits per heavy atom. The Balaban J connectivity index is 1.85. The third-order valence-electron chi connectivity index (χ3n) is 6.74. The number of aromatic nitrogens is 1. The minimum absolute atomic E-state index is 0.196. The van der Waals surface area contributed by atoms with Crippen LogP contribution >= 0.6 is 0 Å². The molecule has 8 nitrogen and oxygen atoms in total. The fraction of sp³-hybridized carbons (Fsp3) is 0.538. The fourth-order valence-electron chi connectivity index (χ4n) is 4.06. The number of nitrogens with one attached hydrogen (secondary N) is 2. The first-order valence-electron chi connectivity index (χ1n) is 12.4. The first-order chi connectivity index (χ1) is 16.6.